The molecule has 1 aromatic heterocycles. The second kappa shape index (κ2) is 10.1. The van der Waals surface area contributed by atoms with Crippen molar-refractivity contribution < 1.29 is 0 Å². The van der Waals surface area contributed by atoms with Crippen LogP contribution >= 0.6 is 0 Å². The molecule has 1 nitrogen and oxygen atoms in total. The summed E-state index contributed by atoms with van der Waals surface area (Å²) in [4.78, 5) is 0. The zero-order valence-electron chi connectivity index (χ0n) is 27.8. The number of para-hydroxylation sites is 1. The Hall–Kier alpha value is -6.44. The average Bonchev–Trinajstić information content (AvgIpc) is 3.72. The zero-order chi connectivity index (χ0) is 33.2. The van der Waals surface area contributed by atoms with Crippen LogP contribution in [-0.2, 0) is 0 Å². The highest BCUT2D eigenvalue weighted by Crippen LogP contribution is 2.54. The summed E-state index contributed by atoms with van der Waals surface area (Å²) < 4.78 is 2.51. The van der Waals surface area contributed by atoms with Crippen molar-refractivity contribution in [3.8, 4) is 16.8 Å². The lowest BCUT2D eigenvalue weighted by Gasteiger charge is -2.24. The predicted molar refractivity (Wildman–Crippen MR) is 217 cm³/mol. The van der Waals surface area contributed by atoms with E-state index in [2.05, 4.69) is 181 Å². The fourth-order valence-corrected chi connectivity index (χ4v) is 9.84. The van der Waals surface area contributed by atoms with Crippen molar-refractivity contribution in [1.29, 1.82) is 0 Å². The van der Waals surface area contributed by atoms with Crippen molar-refractivity contribution in [2.24, 2.45) is 5.92 Å². The number of aromatic nitrogens is 1. The normalized spacial score (nSPS) is 17.5. The Morgan fingerprint density at radius 1 is 0.471 bits per heavy atom. The first-order valence-electron chi connectivity index (χ1n) is 18.0. The second-order valence-corrected chi connectivity index (χ2v) is 14.4. The van der Waals surface area contributed by atoms with Crippen LogP contribution in [0.25, 0.3) is 87.3 Å². The van der Waals surface area contributed by atoms with Gasteiger partial charge >= 0.3 is 0 Å². The highest BCUT2D eigenvalue weighted by Gasteiger charge is 2.38. The van der Waals surface area contributed by atoms with Gasteiger partial charge in [-0.3, -0.25) is 0 Å². The van der Waals surface area contributed by atoms with E-state index in [9.17, 15) is 0 Å². The monoisotopic (exact) mass is 645 g/mol. The molecule has 3 aliphatic carbocycles. The number of rotatable bonds is 2. The summed E-state index contributed by atoms with van der Waals surface area (Å²) in [6, 6.07) is 52.3. The standard InChI is InChI=1S/C50H31N/c1-2-14-33(15-3-1)51-45-27-25-32(31-24-26-36-37-22-10-12-30-13-11-23-41(46(30)37)43(36)28-31)29-44(45)49-48-39-19-7-5-17-35(39)34-16-4-6-18-38(34)47(48)40-20-8-9-21-42(40)50(49)51/h1-29,37,46H. The Bertz CT molecular complexity index is 3130. The van der Waals surface area contributed by atoms with E-state index in [1.54, 1.807) is 0 Å². The van der Waals surface area contributed by atoms with Crippen LogP contribution in [0.1, 0.15) is 17.0 Å². The molecule has 0 spiro atoms. The van der Waals surface area contributed by atoms with Crippen molar-refractivity contribution >= 4 is 70.5 Å². The van der Waals surface area contributed by atoms with E-state index in [0.717, 1.165) is 0 Å². The number of fused-ring (bicyclic) bond motifs is 16. The minimum absolute atomic E-state index is 0.416. The second-order valence-electron chi connectivity index (χ2n) is 14.4. The molecule has 0 N–H and O–H groups in total. The largest absolute Gasteiger partial charge is 0.309 e. The smallest absolute Gasteiger partial charge is 0.0626 e. The Morgan fingerprint density at radius 3 is 1.90 bits per heavy atom. The molecule has 9 aromatic rings. The number of benzene rings is 8. The first-order valence-corrected chi connectivity index (χ1v) is 18.0. The first-order chi connectivity index (χ1) is 25.3. The quantitative estimate of drug-likeness (QED) is 0.165. The van der Waals surface area contributed by atoms with E-state index in [1.807, 2.05) is 0 Å². The SMILES string of the molecule is C1=CC2=CC=CC3c4ccc(-c5ccc6c(c5)c5c7c8ccccc8c8ccccc8c7c7ccccc7c5n6-c5ccccc5)cc4C(=C1)C23. The Labute approximate surface area is 295 Å². The van der Waals surface area contributed by atoms with Gasteiger partial charge < -0.3 is 4.57 Å². The molecule has 51 heavy (non-hydrogen) atoms. The molecular weight excluding hydrogens is 615 g/mol. The van der Waals surface area contributed by atoms with E-state index in [1.165, 1.54) is 104 Å². The van der Waals surface area contributed by atoms with Crippen LogP contribution in [0, 0.1) is 5.92 Å². The van der Waals surface area contributed by atoms with Crippen molar-refractivity contribution in [1.82, 2.24) is 4.57 Å². The molecule has 2 unspecified atom stereocenters. The summed E-state index contributed by atoms with van der Waals surface area (Å²) in [5.74, 6) is 0.846. The van der Waals surface area contributed by atoms with Gasteiger partial charge in [-0.25, -0.2) is 0 Å². The van der Waals surface area contributed by atoms with Gasteiger partial charge in [-0.2, -0.15) is 0 Å². The zero-order valence-corrected chi connectivity index (χ0v) is 27.8. The van der Waals surface area contributed by atoms with Crippen LogP contribution in [0.4, 0.5) is 0 Å². The maximum atomic E-state index is 2.51. The maximum Gasteiger partial charge on any atom is 0.0626 e. The van der Waals surface area contributed by atoms with Crippen molar-refractivity contribution in [3.63, 3.8) is 0 Å². The van der Waals surface area contributed by atoms with Gasteiger partial charge in [-0.05, 0) is 96.0 Å². The molecule has 0 amide bonds. The lowest BCUT2D eigenvalue weighted by Crippen LogP contribution is -2.11. The highest BCUT2D eigenvalue weighted by atomic mass is 15.0. The molecule has 0 radical (unpaired) electrons. The molecule has 0 saturated heterocycles. The lowest BCUT2D eigenvalue weighted by atomic mass is 9.79. The van der Waals surface area contributed by atoms with Gasteiger partial charge in [0.25, 0.3) is 0 Å². The molecule has 8 aromatic carbocycles. The van der Waals surface area contributed by atoms with Gasteiger partial charge in [0.1, 0.15) is 0 Å². The van der Waals surface area contributed by atoms with Gasteiger partial charge in [0.2, 0.25) is 0 Å². The van der Waals surface area contributed by atoms with Gasteiger partial charge in [-0.15, -0.1) is 0 Å². The van der Waals surface area contributed by atoms with Crippen LogP contribution in [0.5, 0.6) is 0 Å². The number of nitrogens with zero attached hydrogens (tertiary/aromatic N) is 1. The van der Waals surface area contributed by atoms with Gasteiger partial charge in [0, 0.05) is 39.1 Å². The fraction of sp³-hybridized carbons (Fsp3) is 0.0400. The Balaban J connectivity index is 1.24. The van der Waals surface area contributed by atoms with E-state index >= 15 is 0 Å². The van der Waals surface area contributed by atoms with Gasteiger partial charge in [0.05, 0.1) is 11.0 Å². The van der Waals surface area contributed by atoms with Crippen LogP contribution in [0.2, 0.25) is 0 Å². The summed E-state index contributed by atoms with van der Waals surface area (Å²) in [5.41, 5.74) is 11.9. The number of hydrogen-bond acceptors (Lipinski definition) is 0. The van der Waals surface area contributed by atoms with Crippen molar-refractivity contribution in [2.75, 3.05) is 0 Å². The Kier molecular flexibility index (Phi) is 5.40. The van der Waals surface area contributed by atoms with Gasteiger partial charge in [0.15, 0.2) is 0 Å². The molecule has 236 valence electrons. The van der Waals surface area contributed by atoms with E-state index in [4.69, 9.17) is 0 Å². The highest BCUT2D eigenvalue weighted by molar-refractivity contribution is 6.42. The predicted octanol–water partition coefficient (Wildman–Crippen LogP) is 13.2. The Morgan fingerprint density at radius 2 is 1.12 bits per heavy atom. The maximum absolute atomic E-state index is 2.51. The summed E-state index contributed by atoms with van der Waals surface area (Å²) in [6.45, 7) is 0. The number of allylic oxidation sites excluding steroid dienone is 8. The average molecular weight is 646 g/mol. The molecule has 0 saturated carbocycles. The summed E-state index contributed by atoms with van der Waals surface area (Å²) in [6.07, 6.45) is 13.8. The molecule has 0 bridgehead atoms. The lowest BCUT2D eigenvalue weighted by molar-refractivity contribution is 0.721. The fourth-order valence-electron chi connectivity index (χ4n) is 9.84. The third-order valence-electron chi connectivity index (χ3n) is 11.9. The molecule has 1 heterocycles. The van der Waals surface area contributed by atoms with E-state index in [0.29, 0.717) is 11.8 Å². The van der Waals surface area contributed by atoms with Crippen LogP contribution in [0.3, 0.4) is 0 Å². The van der Waals surface area contributed by atoms with Crippen LogP contribution < -0.4 is 0 Å². The molecular formula is C50H31N. The minimum Gasteiger partial charge on any atom is -0.309 e. The third-order valence-corrected chi connectivity index (χ3v) is 11.9. The molecule has 0 aliphatic heterocycles. The topological polar surface area (TPSA) is 4.93 Å². The molecule has 3 aliphatic rings. The van der Waals surface area contributed by atoms with Crippen LogP contribution in [0.15, 0.2) is 182 Å². The summed E-state index contributed by atoms with van der Waals surface area (Å²) in [5, 5.41) is 13.0. The minimum atomic E-state index is 0.416. The van der Waals surface area contributed by atoms with Crippen molar-refractivity contribution in [3.05, 3.63) is 193 Å². The summed E-state index contributed by atoms with van der Waals surface area (Å²) >= 11 is 0. The molecule has 2 atom stereocenters. The molecule has 1 heteroatoms. The third kappa shape index (κ3) is 3.60. The van der Waals surface area contributed by atoms with Crippen LogP contribution in [-0.4, -0.2) is 4.57 Å². The molecule has 0 fully saturated rings. The van der Waals surface area contributed by atoms with E-state index in [-0.39, 0.29) is 0 Å². The molecule has 12 rings (SSSR count). The van der Waals surface area contributed by atoms with Crippen molar-refractivity contribution in [2.45, 2.75) is 5.92 Å². The van der Waals surface area contributed by atoms with E-state index < -0.39 is 0 Å². The summed E-state index contributed by atoms with van der Waals surface area (Å²) in [7, 11) is 0. The number of hydrogen-bond donors (Lipinski definition) is 0. The first kappa shape index (κ1) is 27.4. The van der Waals surface area contributed by atoms with Gasteiger partial charge in [-0.1, -0.05) is 146 Å².